The van der Waals surface area contributed by atoms with Crippen molar-refractivity contribution < 1.29 is 23.9 Å². The topological polar surface area (TPSA) is 72.9 Å². The predicted molar refractivity (Wildman–Crippen MR) is 62.6 cm³/mol. The van der Waals surface area contributed by atoms with Gasteiger partial charge in [0.05, 0.1) is 7.11 Å². The van der Waals surface area contributed by atoms with Crippen LogP contribution < -0.4 is 0 Å². The summed E-state index contributed by atoms with van der Waals surface area (Å²) in [7, 11) is 1.26. The van der Waals surface area contributed by atoms with Gasteiger partial charge in [-0.1, -0.05) is 0 Å². The van der Waals surface area contributed by atoms with Crippen LogP contribution in [0.25, 0.3) is 0 Å². The maximum atomic E-state index is 11.6. The zero-order valence-electron chi connectivity index (χ0n) is 11.2. The van der Waals surface area contributed by atoms with Crippen LogP contribution in [-0.2, 0) is 23.9 Å². The Morgan fingerprint density at radius 2 is 2.00 bits per heavy atom. The molecule has 6 heteroatoms. The minimum absolute atomic E-state index is 0.212. The molecule has 1 atom stereocenters. The first-order chi connectivity index (χ1) is 8.24. The van der Waals surface area contributed by atoms with E-state index in [1.165, 1.54) is 12.0 Å². The molecule has 0 aromatic rings. The number of esters is 2. The molecule has 0 spiro atoms. The normalized spacial score (nSPS) is 19.9. The van der Waals surface area contributed by atoms with Gasteiger partial charge in [-0.25, -0.2) is 4.79 Å². The molecule has 0 aliphatic carbocycles. The van der Waals surface area contributed by atoms with Gasteiger partial charge in [-0.2, -0.15) is 0 Å². The molecule has 6 nitrogen and oxygen atoms in total. The number of carbonyl (C=O) groups is 3. The van der Waals surface area contributed by atoms with Gasteiger partial charge in [0, 0.05) is 6.42 Å². The highest BCUT2D eigenvalue weighted by molar-refractivity contribution is 5.90. The van der Waals surface area contributed by atoms with E-state index < -0.39 is 23.6 Å². The number of nitrogens with zero attached hydrogens (tertiary/aromatic N) is 1. The number of carbonyl (C=O) groups excluding carboxylic acids is 3. The Hall–Kier alpha value is -1.59. The Balaban J connectivity index is 2.65. The molecule has 18 heavy (non-hydrogen) atoms. The fraction of sp³-hybridized carbons (Fsp3) is 0.750. The zero-order valence-corrected chi connectivity index (χ0v) is 11.2. The minimum atomic E-state index is -0.671. The van der Waals surface area contributed by atoms with Gasteiger partial charge in [0.1, 0.15) is 18.2 Å². The summed E-state index contributed by atoms with van der Waals surface area (Å²) < 4.78 is 9.73. The van der Waals surface area contributed by atoms with E-state index in [-0.39, 0.29) is 18.9 Å². The van der Waals surface area contributed by atoms with Crippen LogP contribution in [0, 0.1) is 0 Å². The largest absolute Gasteiger partial charge is 0.467 e. The molecular weight excluding hydrogens is 238 g/mol. The number of amides is 1. The highest BCUT2D eigenvalue weighted by atomic mass is 16.6. The van der Waals surface area contributed by atoms with Gasteiger partial charge >= 0.3 is 11.9 Å². The van der Waals surface area contributed by atoms with Gasteiger partial charge < -0.3 is 14.4 Å². The van der Waals surface area contributed by atoms with Crippen molar-refractivity contribution in [2.45, 2.75) is 45.3 Å². The second-order valence-corrected chi connectivity index (χ2v) is 5.19. The van der Waals surface area contributed by atoms with Crippen molar-refractivity contribution in [1.29, 1.82) is 0 Å². The van der Waals surface area contributed by atoms with Gasteiger partial charge in [-0.05, 0) is 27.2 Å². The first-order valence-electron chi connectivity index (χ1n) is 5.84. The molecule has 102 valence electrons. The number of rotatable bonds is 3. The summed E-state index contributed by atoms with van der Waals surface area (Å²) in [5, 5.41) is 0. The molecule has 1 amide bonds. The van der Waals surface area contributed by atoms with Crippen molar-refractivity contribution in [3.63, 3.8) is 0 Å². The standard InChI is InChI=1S/C12H19NO5/c1-12(2,3)18-10(15)7-13-8(11(16)17-4)5-6-9(13)14/h8H,5-7H2,1-4H3. The van der Waals surface area contributed by atoms with Gasteiger partial charge in [0.15, 0.2) is 0 Å². The zero-order chi connectivity index (χ0) is 13.9. The molecule has 0 aromatic heterocycles. The van der Waals surface area contributed by atoms with Crippen LogP contribution in [0.3, 0.4) is 0 Å². The molecule has 1 saturated heterocycles. The fourth-order valence-electron chi connectivity index (χ4n) is 1.83. The Morgan fingerprint density at radius 3 is 2.50 bits per heavy atom. The molecule has 1 fully saturated rings. The van der Waals surface area contributed by atoms with Crippen LogP contribution in [0.1, 0.15) is 33.6 Å². The number of methoxy groups -OCH3 is 1. The lowest BCUT2D eigenvalue weighted by atomic mass is 10.2. The first kappa shape index (κ1) is 14.5. The van der Waals surface area contributed by atoms with Crippen molar-refractivity contribution in [3.8, 4) is 0 Å². The third-order valence-electron chi connectivity index (χ3n) is 2.52. The summed E-state index contributed by atoms with van der Waals surface area (Å²) in [6.45, 7) is 5.02. The molecule has 0 aromatic carbocycles. The van der Waals surface area contributed by atoms with Crippen LogP contribution in [0.2, 0.25) is 0 Å². The number of ether oxygens (including phenoxy) is 2. The molecule has 0 N–H and O–H groups in total. The van der Waals surface area contributed by atoms with Crippen LogP contribution in [0.5, 0.6) is 0 Å². The lowest BCUT2D eigenvalue weighted by molar-refractivity contribution is -0.161. The Morgan fingerprint density at radius 1 is 1.39 bits per heavy atom. The quantitative estimate of drug-likeness (QED) is 0.688. The van der Waals surface area contributed by atoms with Gasteiger partial charge in [-0.3, -0.25) is 9.59 Å². The molecule has 1 unspecified atom stereocenters. The Bertz CT molecular complexity index is 358. The van der Waals surface area contributed by atoms with E-state index in [4.69, 9.17) is 4.74 Å². The average Bonchev–Trinajstić information content (AvgIpc) is 2.57. The maximum absolute atomic E-state index is 11.6. The summed E-state index contributed by atoms with van der Waals surface area (Å²) in [6.07, 6.45) is 0.636. The molecule has 0 radical (unpaired) electrons. The molecule has 1 aliphatic rings. The average molecular weight is 257 g/mol. The van der Waals surface area contributed by atoms with Crippen LogP contribution in [0.15, 0.2) is 0 Å². The third-order valence-corrected chi connectivity index (χ3v) is 2.52. The molecule has 1 aliphatic heterocycles. The van der Waals surface area contributed by atoms with E-state index >= 15 is 0 Å². The SMILES string of the molecule is COC(=O)C1CCC(=O)N1CC(=O)OC(C)(C)C. The van der Waals surface area contributed by atoms with E-state index in [0.29, 0.717) is 6.42 Å². The van der Waals surface area contributed by atoms with E-state index in [0.717, 1.165) is 0 Å². The van der Waals surface area contributed by atoms with Crippen LogP contribution >= 0.6 is 0 Å². The highest BCUT2D eigenvalue weighted by Crippen LogP contribution is 2.20. The molecule has 1 heterocycles. The number of hydrogen-bond acceptors (Lipinski definition) is 5. The number of hydrogen-bond donors (Lipinski definition) is 0. The van der Waals surface area contributed by atoms with Crippen molar-refractivity contribution >= 4 is 17.8 Å². The fourth-order valence-corrected chi connectivity index (χ4v) is 1.83. The molecule has 0 saturated carbocycles. The summed E-state index contributed by atoms with van der Waals surface area (Å²) in [5.41, 5.74) is -0.610. The van der Waals surface area contributed by atoms with Crippen LogP contribution in [-0.4, -0.2) is 48.0 Å². The number of likely N-dealkylation sites (tertiary alicyclic amines) is 1. The van der Waals surface area contributed by atoms with Crippen molar-refractivity contribution in [2.24, 2.45) is 0 Å². The van der Waals surface area contributed by atoms with Gasteiger partial charge in [-0.15, -0.1) is 0 Å². The van der Waals surface area contributed by atoms with E-state index in [2.05, 4.69) is 4.74 Å². The summed E-state index contributed by atoms with van der Waals surface area (Å²) >= 11 is 0. The predicted octanol–water partition coefficient (Wildman–Crippen LogP) is 0.492. The molecule has 1 rings (SSSR count). The Kier molecular flexibility index (Phi) is 4.32. The third kappa shape index (κ3) is 3.72. The van der Waals surface area contributed by atoms with Crippen LogP contribution in [0.4, 0.5) is 0 Å². The van der Waals surface area contributed by atoms with Crippen molar-refractivity contribution in [2.75, 3.05) is 13.7 Å². The van der Waals surface area contributed by atoms with Crippen molar-refractivity contribution in [1.82, 2.24) is 4.90 Å². The maximum Gasteiger partial charge on any atom is 0.328 e. The van der Waals surface area contributed by atoms with E-state index in [1.807, 2.05) is 0 Å². The summed E-state index contributed by atoms with van der Waals surface area (Å²) in [4.78, 5) is 36.0. The van der Waals surface area contributed by atoms with Gasteiger partial charge in [0.2, 0.25) is 5.91 Å². The summed E-state index contributed by atoms with van der Waals surface area (Å²) in [5.74, 6) is -1.24. The highest BCUT2D eigenvalue weighted by Gasteiger charge is 2.38. The second-order valence-electron chi connectivity index (χ2n) is 5.19. The lowest BCUT2D eigenvalue weighted by Gasteiger charge is -2.25. The first-order valence-corrected chi connectivity index (χ1v) is 5.84. The molecular formula is C12H19NO5. The lowest BCUT2D eigenvalue weighted by Crippen LogP contribution is -2.43. The smallest absolute Gasteiger partial charge is 0.328 e. The Labute approximate surface area is 106 Å². The summed E-state index contributed by atoms with van der Waals surface area (Å²) in [6, 6.07) is -0.671. The monoisotopic (exact) mass is 257 g/mol. The van der Waals surface area contributed by atoms with Crippen molar-refractivity contribution in [3.05, 3.63) is 0 Å². The minimum Gasteiger partial charge on any atom is -0.467 e. The molecule has 0 bridgehead atoms. The van der Waals surface area contributed by atoms with Gasteiger partial charge in [0.25, 0.3) is 0 Å². The van der Waals surface area contributed by atoms with E-state index in [1.54, 1.807) is 20.8 Å². The second kappa shape index (κ2) is 5.37. The van der Waals surface area contributed by atoms with E-state index in [9.17, 15) is 14.4 Å².